The molecule has 0 aliphatic carbocycles. The Morgan fingerprint density at radius 3 is 2.67 bits per heavy atom. The van der Waals surface area contributed by atoms with Crippen molar-refractivity contribution in [3.63, 3.8) is 0 Å². The number of nitrogens with zero attached hydrogens (tertiary/aromatic N) is 3. The van der Waals surface area contributed by atoms with Crippen LogP contribution in [0.2, 0.25) is 0 Å². The molecule has 0 saturated heterocycles. The molecular weight excluding hydrogens is 384 g/mol. The standard InChI is InChI=1S/C18H20N4O3S2/c1-4-16-21-22-18(27-16)20-15(23)9-12-10-26-17(19-12)8-11-5-6-13(24-2)14(7-11)25-3/h5-7,10H,4,8-9H2,1-3H3,(H,20,22,23). The van der Waals surface area contributed by atoms with Gasteiger partial charge >= 0.3 is 0 Å². The number of aryl methyl sites for hydroxylation is 1. The first kappa shape index (κ1) is 19.2. The third-order valence-electron chi connectivity index (χ3n) is 3.76. The Labute approximate surface area is 165 Å². The van der Waals surface area contributed by atoms with Gasteiger partial charge in [-0.25, -0.2) is 4.98 Å². The number of anilines is 1. The van der Waals surface area contributed by atoms with Crippen LogP contribution in [-0.2, 0) is 24.1 Å². The quantitative estimate of drug-likeness (QED) is 0.620. The van der Waals surface area contributed by atoms with Gasteiger partial charge in [0.15, 0.2) is 11.5 Å². The zero-order valence-electron chi connectivity index (χ0n) is 15.3. The molecule has 7 nitrogen and oxygen atoms in total. The summed E-state index contributed by atoms with van der Waals surface area (Å²) < 4.78 is 10.6. The number of carbonyl (C=O) groups excluding carboxylic acids is 1. The van der Waals surface area contributed by atoms with E-state index in [4.69, 9.17) is 9.47 Å². The van der Waals surface area contributed by atoms with Crippen molar-refractivity contribution in [1.29, 1.82) is 0 Å². The molecule has 0 radical (unpaired) electrons. The van der Waals surface area contributed by atoms with Crippen molar-refractivity contribution < 1.29 is 14.3 Å². The number of ether oxygens (including phenoxy) is 2. The number of nitrogens with one attached hydrogen (secondary N) is 1. The summed E-state index contributed by atoms with van der Waals surface area (Å²) in [4.78, 5) is 16.7. The van der Waals surface area contributed by atoms with Gasteiger partial charge in [-0.3, -0.25) is 4.79 Å². The summed E-state index contributed by atoms with van der Waals surface area (Å²) in [6, 6.07) is 5.80. The third-order valence-corrected chi connectivity index (χ3v) is 5.64. The van der Waals surface area contributed by atoms with Crippen molar-refractivity contribution in [3.05, 3.63) is 44.9 Å². The Hall–Kier alpha value is -2.52. The van der Waals surface area contributed by atoms with Gasteiger partial charge in [-0.1, -0.05) is 24.3 Å². The predicted molar refractivity (Wildman–Crippen MR) is 106 cm³/mol. The van der Waals surface area contributed by atoms with E-state index in [1.807, 2.05) is 30.5 Å². The van der Waals surface area contributed by atoms with Crippen molar-refractivity contribution >= 4 is 33.7 Å². The van der Waals surface area contributed by atoms with Crippen molar-refractivity contribution in [2.45, 2.75) is 26.2 Å². The predicted octanol–water partition coefficient (Wildman–Crippen LogP) is 3.35. The maximum atomic E-state index is 12.2. The largest absolute Gasteiger partial charge is 0.493 e. The highest BCUT2D eigenvalue weighted by Crippen LogP contribution is 2.29. The summed E-state index contributed by atoms with van der Waals surface area (Å²) in [5, 5.41) is 15.0. The van der Waals surface area contributed by atoms with Crippen LogP contribution in [0.3, 0.4) is 0 Å². The molecule has 142 valence electrons. The van der Waals surface area contributed by atoms with Crippen LogP contribution in [0.15, 0.2) is 23.6 Å². The summed E-state index contributed by atoms with van der Waals surface area (Å²) in [5.41, 5.74) is 1.81. The highest BCUT2D eigenvalue weighted by molar-refractivity contribution is 7.15. The van der Waals surface area contributed by atoms with Crippen molar-refractivity contribution in [2.24, 2.45) is 0 Å². The van der Waals surface area contributed by atoms with Crippen LogP contribution in [0, 0.1) is 0 Å². The van der Waals surface area contributed by atoms with E-state index in [-0.39, 0.29) is 12.3 Å². The molecule has 1 amide bonds. The maximum Gasteiger partial charge on any atom is 0.232 e. The molecule has 0 aliphatic rings. The highest BCUT2D eigenvalue weighted by atomic mass is 32.1. The minimum atomic E-state index is -0.142. The molecular formula is C18H20N4O3S2. The molecule has 2 aromatic heterocycles. The van der Waals surface area contributed by atoms with Crippen LogP contribution in [0.25, 0.3) is 0 Å². The first-order valence-corrected chi connectivity index (χ1v) is 10.1. The summed E-state index contributed by atoms with van der Waals surface area (Å²) in [6.07, 6.45) is 1.69. The summed E-state index contributed by atoms with van der Waals surface area (Å²) >= 11 is 2.93. The van der Waals surface area contributed by atoms with E-state index in [2.05, 4.69) is 20.5 Å². The van der Waals surface area contributed by atoms with E-state index >= 15 is 0 Å². The van der Waals surface area contributed by atoms with Crippen LogP contribution in [0.4, 0.5) is 5.13 Å². The molecule has 3 rings (SSSR count). The Morgan fingerprint density at radius 1 is 1.15 bits per heavy atom. The second-order valence-corrected chi connectivity index (χ2v) is 7.68. The monoisotopic (exact) mass is 404 g/mol. The van der Waals surface area contributed by atoms with Gasteiger partial charge < -0.3 is 14.8 Å². The molecule has 27 heavy (non-hydrogen) atoms. The fourth-order valence-corrected chi connectivity index (χ4v) is 3.98. The zero-order chi connectivity index (χ0) is 19.2. The smallest absolute Gasteiger partial charge is 0.232 e. The van der Waals surface area contributed by atoms with Gasteiger partial charge in [-0.2, -0.15) is 0 Å². The Morgan fingerprint density at radius 2 is 1.96 bits per heavy atom. The van der Waals surface area contributed by atoms with Gasteiger partial charge in [0, 0.05) is 11.8 Å². The van der Waals surface area contributed by atoms with Gasteiger partial charge in [0.2, 0.25) is 11.0 Å². The molecule has 0 bridgehead atoms. The lowest BCUT2D eigenvalue weighted by Gasteiger charge is -2.08. The lowest BCUT2D eigenvalue weighted by atomic mass is 10.1. The third kappa shape index (κ3) is 5.01. The summed E-state index contributed by atoms with van der Waals surface area (Å²) in [6.45, 7) is 2.00. The van der Waals surface area contributed by atoms with Gasteiger partial charge in [0.25, 0.3) is 0 Å². The van der Waals surface area contributed by atoms with Gasteiger partial charge in [-0.05, 0) is 24.1 Å². The number of thiazole rings is 1. The molecule has 3 aromatic rings. The molecule has 1 aromatic carbocycles. The summed E-state index contributed by atoms with van der Waals surface area (Å²) in [5.74, 6) is 1.24. The van der Waals surface area contributed by atoms with E-state index in [1.165, 1.54) is 22.7 Å². The fraction of sp³-hybridized carbons (Fsp3) is 0.333. The average Bonchev–Trinajstić information content (AvgIpc) is 3.30. The molecule has 0 fully saturated rings. The Balaban J connectivity index is 1.60. The Bertz CT molecular complexity index is 923. The van der Waals surface area contributed by atoms with Crippen LogP contribution in [-0.4, -0.2) is 35.3 Å². The normalized spacial score (nSPS) is 10.6. The zero-order valence-corrected chi connectivity index (χ0v) is 16.9. The number of hydrogen-bond acceptors (Lipinski definition) is 8. The second kappa shape index (κ2) is 8.92. The van der Waals surface area contributed by atoms with Crippen LogP contribution >= 0.6 is 22.7 Å². The van der Waals surface area contributed by atoms with E-state index in [1.54, 1.807) is 14.2 Å². The van der Waals surface area contributed by atoms with Crippen molar-refractivity contribution in [1.82, 2.24) is 15.2 Å². The lowest BCUT2D eigenvalue weighted by molar-refractivity contribution is -0.115. The lowest BCUT2D eigenvalue weighted by Crippen LogP contribution is -2.14. The Kier molecular flexibility index (Phi) is 6.36. The minimum Gasteiger partial charge on any atom is -0.493 e. The average molecular weight is 405 g/mol. The molecule has 0 saturated carbocycles. The number of carbonyl (C=O) groups is 1. The van der Waals surface area contributed by atoms with E-state index < -0.39 is 0 Å². The molecule has 1 N–H and O–H groups in total. The first-order valence-electron chi connectivity index (χ1n) is 8.37. The van der Waals surface area contributed by atoms with Crippen LogP contribution < -0.4 is 14.8 Å². The number of rotatable bonds is 8. The van der Waals surface area contributed by atoms with Gasteiger partial charge in [-0.15, -0.1) is 21.5 Å². The van der Waals surface area contributed by atoms with Gasteiger partial charge in [0.05, 0.1) is 31.3 Å². The molecule has 2 heterocycles. The molecule has 0 unspecified atom stereocenters. The fourth-order valence-electron chi connectivity index (χ4n) is 2.45. The first-order chi connectivity index (χ1) is 13.1. The minimum absolute atomic E-state index is 0.142. The van der Waals surface area contributed by atoms with Crippen molar-refractivity contribution in [2.75, 3.05) is 19.5 Å². The maximum absolute atomic E-state index is 12.2. The van der Waals surface area contributed by atoms with Crippen LogP contribution in [0.1, 0.15) is 28.2 Å². The van der Waals surface area contributed by atoms with Gasteiger partial charge in [0.1, 0.15) is 5.01 Å². The molecule has 9 heteroatoms. The topological polar surface area (TPSA) is 86.2 Å². The van der Waals surface area contributed by atoms with E-state index in [0.29, 0.717) is 23.1 Å². The number of methoxy groups -OCH3 is 2. The molecule has 0 aliphatic heterocycles. The number of benzene rings is 1. The van der Waals surface area contributed by atoms with E-state index in [9.17, 15) is 4.79 Å². The highest BCUT2D eigenvalue weighted by Gasteiger charge is 2.12. The summed E-state index contributed by atoms with van der Waals surface area (Å²) in [7, 11) is 3.23. The number of hydrogen-bond donors (Lipinski definition) is 1. The number of aromatic nitrogens is 3. The van der Waals surface area contributed by atoms with E-state index in [0.717, 1.165) is 27.7 Å². The second-order valence-electron chi connectivity index (χ2n) is 5.68. The molecule has 0 atom stereocenters. The van der Waals surface area contributed by atoms with Crippen LogP contribution in [0.5, 0.6) is 11.5 Å². The van der Waals surface area contributed by atoms with Crippen molar-refractivity contribution in [3.8, 4) is 11.5 Å². The SMILES string of the molecule is CCc1nnc(NC(=O)Cc2csc(Cc3ccc(OC)c(OC)c3)n2)s1. The molecule has 0 spiro atoms. The number of amides is 1.